The normalized spacial score (nSPS) is 23.1. The van der Waals surface area contributed by atoms with Gasteiger partial charge in [0, 0.05) is 6.92 Å². The summed E-state index contributed by atoms with van der Waals surface area (Å²) in [6, 6.07) is 0.460. The molecule has 0 aliphatic carbocycles. The van der Waals surface area contributed by atoms with Gasteiger partial charge in [0.2, 0.25) is 0 Å². The van der Waals surface area contributed by atoms with Crippen molar-refractivity contribution in [1.82, 2.24) is 0 Å². The molecule has 1 rings (SSSR count). The van der Waals surface area contributed by atoms with Gasteiger partial charge in [0.1, 0.15) is 6.61 Å². The lowest BCUT2D eigenvalue weighted by Gasteiger charge is -2.02. The third-order valence-electron chi connectivity index (χ3n) is 1.99. The van der Waals surface area contributed by atoms with Crippen molar-refractivity contribution in [3.05, 3.63) is 0 Å². The van der Waals surface area contributed by atoms with Gasteiger partial charge in [-0.05, 0) is 6.42 Å². The van der Waals surface area contributed by atoms with Crippen LogP contribution in [0.15, 0.2) is 4.99 Å². The molecule has 0 bridgehead atoms. The van der Waals surface area contributed by atoms with Gasteiger partial charge in [0.05, 0.1) is 6.04 Å². The van der Waals surface area contributed by atoms with Crippen LogP contribution in [0.1, 0.15) is 39.5 Å². The second-order valence-corrected chi connectivity index (χ2v) is 3.11. The summed E-state index contributed by atoms with van der Waals surface area (Å²) >= 11 is 0. The molecule has 1 aliphatic heterocycles. The summed E-state index contributed by atoms with van der Waals surface area (Å²) < 4.78 is 5.25. The summed E-state index contributed by atoms with van der Waals surface area (Å²) in [7, 11) is 0. The highest BCUT2D eigenvalue weighted by Crippen LogP contribution is 2.12. The minimum Gasteiger partial charge on any atom is -0.479 e. The topological polar surface area (TPSA) is 21.6 Å². The summed E-state index contributed by atoms with van der Waals surface area (Å²) in [5.74, 6) is 0.867. The minimum absolute atomic E-state index is 0.460. The van der Waals surface area contributed by atoms with Crippen molar-refractivity contribution in [2.45, 2.75) is 45.6 Å². The van der Waals surface area contributed by atoms with Crippen molar-refractivity contribution in [1.29, 1.82) is 0 Å². The van der Waals surface area contributed by atoms with Gasteiger partial charge >= 0.3 is 0 Å². The molecule has 0 aromatic carbocycles. The van der Waals surface area contributed by atoms with Crippen LogP contribution in [-0.2, 0) is 4.74 Å². The average Bonchev–Trinajstić information content (AvgIpc) is 2.37. The van der Waals surface area contributed by atoms with E-state index in [1.165, 1.54) is 25.7 Å². The molecule has 0 aromatic rings. The molecular formula is C9H17NO. The van der Waals surface area contributed by atoms with Gasteiger partial charge in [0.25, 0.3) is 0 Å². The smallest absolute Gasteiger partial charge is 0.180 e. The van der Waals surface area contributed by atoms with Gasteiger partial charge in [-0.3, -0.25) is 0 Å². The zero-order valence-corrected chi connectivity index (χ0v) is 7.47. The van der Waals surface area contributed by atoms with Gasteiger partial charge in [-0.1, -0.05) is 26.2 Å². The van der Waals surface area contributed by atoms with Crippen molar-refractivity contribution in [3.63, 3.8) is 0 Å². The highest BCUT2D eigenvalue weighted by Gasteiger charge is 2.14. The van der Waals surface area contributed by atoms with E-state index >= 15 is 0 Å². The summed E-state index contributed by atoms with van der Waals surface area (Å²) in [5.41, 5.74) is 0. The Morgan fingerprint density at radius 1 is 1.55 bits per heavy atom. The Balaban J connectivity index is 2.08. The lowest BCUT2D eigenvalue weighted by molar-refractivity contribution is 0.307. The minimum atomic E-state index is 0.460. The number of rotatable bonds is 4. The predicted molar refractivity (Wildman–Crippen MR) is 47.0 cm³/mol. The Bertz CT molecular complexity index is 142. The number of hydrogen-bond donors (Lipinski definition) is 0. The van der Waals surface area contributed by atoms with Crippen LogP contribution in [0.3, 0.4) is 0 Å². The second kappa shape index (κ2) is 4.37. The molecule has 0 saturated heterocycles. The molecule has 2 heteroatoms. The monoisotopic (exact) mass is 155 g/mol. The van der Waals surface area contributed by atoms with Gasteiger partial charge < -0.3 is 4.74 Å². The molecular weight excluding hydrogens is 138 g/mol. The first-order valence-electron chi connectivity index (χ1n) is 4.50. The predicted octanol–water partition coefficient (Wildman–Crippen LogP) is 2.38. The lowest BCUT2D eigenvalue weighted by atomic mass is 10.1. The van der Waals surface area contributed by atoms with Crippen LogP contribution in [0.2, 0.25) is 0 Å². The molecule has 1 unspecified atom stereocenters. The Hall–Kier alpha value is -0.530. The largest absolute Gasteiger partial charge is 0.479 e. The van der Waals surface area contributed by atoms with E-state index in [0.717, 1.165) is 12.5 Å². The van der Waals surface area contributed by atoms with E-state index in [1.807, 2.05) is 6.92 Å². The van der Waals surface area contributed by atoms with Crippen LogP contribution in [0.4, 0.5) is 0 Å². The Morgan fingerprint density at radius 2 is 2.36 bits per heavy atom. The average molecular weight is 155 g/mol. The Labute approximate surface area is 68.7 Å². The number of ether oxygens (including phenoxy) is 1. The fourth-order valence-electron chi connectivity index (χ4n) is 1.33. The third kappa shape index (κ3) is 2.91. The van der Waals surface area contributed by atoms with Crippen LogP contribution in [0.5, 0.6) is 0 Å². The van der Waals surface area contributed by atoms with E-state index in [9.17, 15) is 0 Å². The molecule has 0 spiro atoms. The van der Waals surface area contributed by atoms with Gasteiger partial charge in [0.15, 0.2) is 5.90 Å². The van der Waals surface area contributed by atoms with Crippen LogP contribution in [-0.4, -0.2) is 18.5 Å². The molecule has 2 nitrogen and oxygen atoms in total. The molecule has 0 radical (unpaired) electrons. The van der Waals surface area contributed by atoms with Crippen molar-refractivity contribution in [2.24, 2.45) is 4.99 Å². The Morgan fingerprint density at radius 3 is 2.91 bits per heavy atom. The Kier molecular flexibility index (Phi) is 3.40. The zero-order valence-electron chi connectivity index (χ0n) is 7.47. The fourth-order valence-corrected chi connectivity index (χ4v) is 1.33. The maximum atomic E-state index is 5.25. The first-order valence-corrected chi connectivity index (χ1v) is 4.50. The molecule has 1 atom stereocenters. The highest BCUT2D eigenvalue weighted by molar-refractivity contribution is 5.74. The van der Waals surface area contributed by atoms with Crippen molar-refractivity contribution < 1.29 is 4.74 Å². The van der Waals surface area contributed by atoms with Gasteiger partial charge in [-0.15, -0.1) is 0 Å². The molecule has 0 amide bonds. The second-order valence-electron chi connectivity index (χ2n) is 3.11. The molecule has 1 aliphatic rings. The molecule has 11 heavy (non-hydrogen) atoms. The summed E-state index contributed by atoms with van der Waals surface area (Å²) in [5, 5.41) is 0. The quantitative estimate of drug-likeness (QED) is 0.571. The standard InChI is InChI=1S/C9H17NO/c1-3-4-5-6-9-7-11-8(2)10-9/h9H,3-7H2,1-2H3. The van der Waals surface area contributed by atoms with Crippen molar-refractivity contribution in [2.75, 3.05) is 6.61 Å². The van der Waals surface area contributed by atoms with E-state index in [0.29, 0.717) is 6.04 Å². The number of aliphatic imine (C=N–C) groups is 1. The summed E-state index contributed by atoms with van der Waals surface area (Å²) in [4.78, 5) is 4.35. The third-order valence-corrected chi connectivity index (χ3v) is 1.99. The van der Waals surface area contributed by atoms with Crippen molar-refractivity contribution in [3.8, 4) is 0 Å². The van der Waals surface area contributed by atoms with Gasteiger partial charge in [-0.2, -0.15) is 0 Å². The lowest BCUT2D eigenvalue weighted by Crippen LogP contribution is -2.05. The molecule has 0 fully saturated rings. The molecule has 0 aromatic heterocycles. The van der Waals surface area contributed by atoms with Crippen LogP contribution in [0.25, 0.3) is 0 Å². The maximum Gasteiger partial charge on any atom is 0.180 e. The maximum absolute atomic E-state index is 5.25. The first-order chi connectivity index (χ1) is 5.33. The van der Waals surface area contributed by atoms with E-state index in [-0.39, 0.29) is 0 Å². The molecule has 1 heterocycles. The molecule has 0 N–H and O–H groups in total. The number of nitrogens with zero attached hydrogens (tertiary/aromatic N) is 1. The van der Waals surface area contributed by atoms with E-state index in [1.54, 1.807) is 0 Å². The van der Waals surface area contributed by atoms with Crippen molar-refractivity contribution >= 4 is 5.90 Å². The SMILES string of the molecule is CCCCCC1COC(C)=N1. The molecule has 0 saturated carbocycles. The first kappa shape index (κ1) is 8.57. The summed E-state index contributed by atoms with van der Waals surface area (Å²) in [6.07, 6.45) is 5.10. The van der Waals surface area contributed by atoms with Crippen LogP contribution >= 0.6 is 0 Å². The zero-order chi connectivity index (χ0) is 8.10. The van der Waals surface area contributed by atoms with E-state index in [4.69, 9.17) is 4.74 Å². The number of hydrogen-bond acceptors (Lipinski definition) is 2. The summed E-state index contributed by atoms with van der Waals surface area (Å²) in [6.45, 7) is 4.97. The number of unbranched alkanes of at least 4 members (excludes halogenated alkanes) is 2. The van der Waals surface area contributed by atoms with Crippen LogP contribution < -0.4 is 0 Å². The fraction of sp³-hybridized carbons (Fsp3) is 0.889. The van der Waals surface area contributed by atoms with E-state index in [2.05, 4.69) is 11.9 Å². The van der Waals surface area contributed by atoms with Crippen LogP contribution in [0, 0.1) is 0 Å². The highest BCUT2D eigenvalue weighted by atomic mass is 16.5. The van der Waals surface area contributed by atoms with E-state index < -0.39 is 0 Å². The van der Waals surface area contributed by atoms with Gasteiger partial charge in [-0.25, -0.2) is 4.99 Å². The molecule has 64 valence electrons.